The third-order valence-corrected chi connectivity index (χ3v) is 4.50. The molecule has 0 bridgehead atoms. The topological polar surface area (TPSA) is 55.1 Å². The smallest absolute Gasteiger partial charge is 0.220 e. The Labute approximate surface area is 134 Å². The second kappa shape index (κ2) is 9.06. The van der Waals surface area contributed by atoms with E-state index in [0.29, 0.717) is 30.8 Å². The van der Waals surface area contributed by atoms with Crippen molar-refractivity contribution in [3.8, 4) is 0 Å². The maximum absolute atomic E-state index is 12.3. The standard InChI is InChI=1S/C17H26N2O.ClH/c1-2-13(14-7-4-3-5-8-14)11-17(20)19-16-10-6-9-15(16)12-18;/h3-5,7-8,13,15-16H,2,6,9-12,18H2,1H3,(H,19,20);1H. The SMILES string of the molecule is CCC(CC(=O)NC1CCCC1CN)c1ccccc1.Cl. The average molecular weight is 311 g/mol. The van der Waals surface area contributed by atoms with Crippen molar-refractivity contribution >= 4 is 18.3 Å². The Bertz CT molecular complexity index is 424. The van der Waals surface area contributed by atoms with Crippen LogP contribution in [0, 0.1) is 5.92 Å². The molecule has 0 aliphatic heterocycles. The summed E-state index contributed by atoms with van der Waals surface area (Å²) in [7, 11) is 0. The number of rotatable bonds is 6. The molecular weight excluding hydrogens is 284 g/mol. The molecule has 3 atom stereocenters. The molecule has 1 aliphatic rings. The van der Waals surface area contributed by atoms with Gasteiger partial charge in [0.15, 0.2) is 0 Å². The van der Waals surface area contributed by atoms with Gasteiger partial charge in [0.25, 0.3) is 0 Å². The van der Waals surface area contributed by atoms with Gasteiger partial charge in [0.2, 0.25) is 5.91 Å². The van der Waals surface area contributed by atoms with Gasteiger partial charge in [0.05, 0.1) is 0 Å². The van der Waals surface area contributed by atoms with E-state index in [-0.39, 0.29) is 18.3 Å². The number of benzene rings is 1. The van der Waals surface area contributed by atoms with E-state index in [4.69, 9.17) is 5.73 Å². The van der Waals surface area contributed by atoms with Crippen molar-refractivity contribution < 1.29 is 4.79 Å². The fourth-order valence-corrected chi connectivity index (χ4v) is 3.22. The maximum atomic E-state index is 12.3. The lowest BCUT2D eigenvalue weighted by atomic mass is 9.92. The zero-order valence-electron chi connectivity index (χ0n) is 12.8. The van der Waals surface area contributed by atoms with Crippen LogP contribution in [-0.4, -0.2) is 18.5 Å². The van der Waals surface area contributed by atoms with Gasteiger partial charge in [-0.15, -0.1) is 12.4 Å². The van der Waals surface area contributed by atoms with Gasteiger partial charge in [0.1, 0.15) is 0 Å². The number of halogens is 1. The van der Waals surface area contributed by atoms with Gasteiger partial charge in [-0.05, 0) is 43.2 Å². The fourth-order valence-electron chi connectivity index (χ4n) is 3.22. The first-order valence-electron chi connectivity index (χ1n) is 7.79. The minimum Gasteiger partial charge on any atom is -0.353 e. The van der Waals surface area contributed by atoms with Crippen LogP contribution in [0.15, 0.2) is 30.3 Å². The zero-order chi connectivity index (χ0) is 14.4. The van der Waals surface area contributed by atoms with Crippen LogP contribution in [0.4, 0.5) is 0 Å². The van der Waals surface area contributed by atoms with Crippen molar-refractivity contribution in [2.24, 2.45) is 11.7 Å². The lowest BCUT2D eigenvalue weighted by Gasteiger charge is -2.21. The van der Waals surface area contributed by atoms with E-state index in [2.05, 4.69) is 24.4 Å². The van der Waals surface area contributed by atoms with E-state index in [1.165, 1.54) is 12.0 Å². The molecule has 1 fully saturated rings. The minimum atomic E-state index is 0. The molecule has 3 N–H and O–H groups in total. The van der Waals surface area contributed by atoms with Crippen LogP contribution in [0.25, 0.3) is 0 Å². The van der Waals surface area contributed by atoms with E-state index >= 15 is 0 Å². The van der Waals surface area contributed by atoms with Gasteiger partial charge in [-0.2, -0.15) is 0 Å². The van der Waals surface area contributed by atoms with Crippen LogP contribution < -0.4 is 11.1 Å². The highest BCUT2D eigenvalue weighted by molar-refractivity contribution is 5.85. The number of nitrogens with two attached hydrogens (primary N) is 1. The highest BCUT2D eigenvalue weighted by Crippen LogP contribution is 2.26. The van der Waals surface area contributed by atoms with Gasteiger partial charge in [-0.25, -0.2) is 0 Å². The van der Waals surface area contributed by atoms with E-state index in [1.54, 1.807) is 0 Å². The van der Waals surface area contributed by atoms with Crippen molar-refractivity contribution in [2.45, 2.75) is 51.0 Å². The van der Waals surface area contributed by atoms with E-state index in [9.17, 15) is 4.79 Å². The van der Waals surface area contributed by atoms with E-state index in [1.807, 2.05) is 18.2 Å². The molecule has 1 aliphatic carbocycles. The normalized spacial score (nSPS) is 22.4. The summed E-state index contributed by atoms with van der Waals surface area (Å²) >= 11 is 0. The molecule has 0 aromatic heterocycles. The predicted molar refractivity (Wildman–Crippen MR) is 89.7 cm³/mol. The van der Waals surface area contributed by atoms with Crippen molar-refractivity contribution in [1.29, 1.82) is 0 Å². The molecule has 0 spiro atoms. The number of amides is 1. The molecule has 3 nitrogen and oxygen atoms in total. The molecule has 3 unspecified atom stereocenters. The van der Waals surface area contributed by atoms with Crippen LogP contribution in [0.2, 0.25) is 0 Å². The van der Waals surface area contributed by atoms with Crippen molar-refractivity contribution in [2.75, 3.05) is 6.54 Å². The van der Waals surface area contributed by atoms with Gasteiger partial charge >= 0.3 is 0 Å². The largest absolute Gasteiger partial charge is 0.353 e. The maximum Gasteiger partial charge on any atom is 0.220 e. The zero-order valence-corrected chi connectivity index (χ0v) is 13.6. The molecule has 2 rings (SSSR count). The second-order valence-corrected chi connectivity index (χ2v) is 5.82. The summed E-state index contributed by atoms with van der Waals surface area (Å²) in [6.45, 7) is 2.82. The predicted octanol–water partition coefficient (Wildman–Crippen LogP) is 3.24. The third kappa shape index (κ3) is 5.01. The second-order valence-electron chi connectivity index (χ2n) is 5.82. The van der Waals surface area contributed by atoms with Crippen LogP contribution >= 0.6 is 12.4 Å². The molecule has 0 radical (unpaired) electrons. The monoisotopic (exact) mass is 310 g/mol. The first kappa shape index (κ1) is 18.0. The Morgan fingerprint density at radius 1 is 1.33 bits per heavy atom. The lowest BCUT2D eigenvalue weighted by molar-refractivity contribution is -0.122. The molecule has 0 heterocycles. The Balaban J connectivity index is 0.00000220. The molecule has 1 aromatic carbocycles. The Hall–Kier alpha value is -1.06. The molecule has 118 valence electrons. The Kier molecular flexibility index (Phi) is 7.76. The third-order valence-electron chi connectivity index (χ3n) is 4.50. The molecule has 4 heteroatoms. The van der Waals surface area contributed by atoms with Crippen molar-refractivity contribution in [1.82, 2.24) is 5.32 Å². The average Bonchev–Trinajstić information content (AvgIpc) is 2.92. The van der Waals surface area contributed by atoms with Gasteiger partial charge < -0.3 is 11.1 Å². The minimum absolute atomic E-state index is 0. The molecule has 1 saturated carbocycles. The summed E-state index contributed by atoms with van der Waals surface area (Å²) in [5.74, 6) is 0.954. The van der Waals surface area contributed by atoms with Crippen LogP contribution in [0.3, 0.4) is 0 Å². The van der Waals surface area contributed by atoms with E-state index in [0.717, 1.165) is 19.3 Å². The summed E-state index contributed by atoms with van der Waals surface area (Å²) in [5, 5.41) is 3.20. The quantitative estimate of drug-likeness (QED) is 0.847. The first-order chi connectivity index (χ1) is 9.74. The molecule has 1 amide bonds. The van der Waals surface area contributed by atoms with Crippen LogP contribution in [0.1, 0.15) is 50.5 Å². The number of carbonyl (C=O) groups excluding carboxylic acids is 1. The number of nitrogens with one attached hydrogen (secondary N) is 1. The molecule has 21 heavy (non-hydrogen) atoms. The van der Waals surface area contributed by atoms with Crippen LogP contribution in [0.5, 0.6) is 0 Å². The highest BCUT2D eigenvalue weighted by Gasteiger charge is 2.27. The fraction of sp³-hybridized carbons (Fsp3) is 0.588. The summed E-state index contributed by atoms with van der Waals surface area (Å²) in [5.41, 5.74) is 7.02. The molecule has 1 aromatic rings. The summed E-state index contributed by atoms with van der Waals surface area (Å²) in [6, 6.07) is 10.6. The Morgan fingerprint density at radius 3 is 2.67 bits per heavy atom. The van der Waals surface area contributed by atoms with Crippen LogP contribution in [-0.2, 0) is 4.79 Å². The van der Waals surface area contributed by atoms with Gasteiger partial charge in [-0.1, -0.05) is 43.7 Å². The molecular formula is C17H27ClN2O. The van der Waals surface area contributed by atoms with Gasteiger partial charge in [-0.3, -0.25) is 4.79 Å². The summed E-state index contributed by atoms with van der Waals surface area (Å²) in [4.78, 5) is 12.3. The van der Waals surface area contributed by atoms with Crippen molar-refractivity contribution in [3.63, 3.8) is 0 Å². The van der Waals surface area contributed by atoms with Gasteiger partial charge in [0, 0.05) is 12.5 Å². The summed E-state index contributed by atoms with van der Waals surface area (Å²) < 4.78 is 0. The molecule has 0 saturated heterocycles. The Morgan fingerprint density at radius 2 is 2.05 bits per heavy atom. The lowest BCUT2D eigenvalue weighted by Crippen LogP contribution is -2.40. The van der Waals surface area contributed by atoms with E-state index < -0.39 is 0 Å². The first-order valence-corrected chi connectivity index (χ1v) is 7.79. The summed E-state index contributed by atoms with van der Waals surface area (Å²) in [6.07, 6.45) is 4.98. The highest BCUT2D eigenvalue weighted by atomic mass is 35.5. The van der Waals surface area contributed by atoms with Crippen molar-refractivity contribution in [3.05, 3.63) is 35.9 Å². The number of carbonyl (C=O) groups is 1. The number of hydrogen-bond donors (Lipinski definition) is 2. The number of hydrogen-bond acceptors (Lipinski definition) is 2.